The molecule has 0 bridgehead atoms. The smallest absolute Gasteiger partial charge is 0.416 e. The molecule has 0 spiro atoms. The molecule has 0 heterocycles. The predicted molar refractivity (Wildman–Crippen MR) is 204 cm³/mol. The molecule has 6 N–H and O–H groups in total. The third-order valence-electron chi connectivity index (χ3n) is 7.88. The summed E-state index contributed by atoms with van der Waals surface area (Å²) in [7, 11) is 0. The molecule has 0 atom stereocenters. The number of benzene rings is 6. The van der Waals surface area contributed by atoms with E-state index in [-0.39, 0.29) is 50.8 Å². The van der Waals surface area contributed by atoms with E-state index in [2.05, 4.69) is 16.0 Å². The first-order chi connectivity index (χ1) is 28.1. The van der Waals surface area contributed by atoms with Crippen molar-refractivity contribution in [1.82, 2.24) is 0 Å². The fourth-order valence-corrected chi connectivity index (χ4v) is 5.12. The highest BCUT2D eigenvalue weighted by Gasteiger charge is 2.32. The minimum Gasteiger partial charge on any atom is -0.478 e. The highest BCUT2D eigenvalue weighted by molar-refractivity contribution is 5.96. The van der Waals surface area contributed by atoms with Gasteiger partial charge in [0.2, 0.25) is 0 Å². The first-order valence-corrected chi connectivity index (χ1v) is 16.9. The number of hydrogen-bond acceptors (Lipinski definition) is 6. The Labute approximate surface area is 334 Å². The van der Waals surface area contributed by atoms with E-state index in [9.17, 15) is 53.9 Å². The number of nitrogens with one attached hydrogen (secondary N) is 3. The molecule has 0 unspecified atom stereocenters. The fourth-order valence-electron chi connectivity index (χ4n) is 5.12. The van der Waals surface area contributed by atoms with E-state index < -0.39 is 53.1 Å². The van der Waals surface area contributed by atoms with E-state index in [1.54, 1.807) is 36.4 Å². The molecule has 0 radical (unpaired) electrons. The first kappa shape index (κ1) is 45.2. The fraction of sp³-hybridized carbons (Fsp3) is 0.0714. The van der Waals surface area contributed by atoms with Crippen molar-refractivity contribution in [2.75, 3.05) is 16.0 Å². The van der Waals surface area contributed by atoms with Crippen LogP contribution in [0.1, 0.15) is 47.8 Å². The van der Waals surface area contributed by atoms with Crippen molar-refractivity contribution in [3.05, 3.63) is 179 Å². The summed E-state index contributed by atoms with van der Waals surface area (Å²) in [5.74, 6) is -3.46. The zero-order chi connectivity index (χ0) is 44.3. The topological polar surface area (TPSA) is 148 Å². The van der Waals surface area contributed by atoms with Crippen LogP contribution in [-0.2, 0) is 18.5 Å². The Morgan fingerprint density at radius 3 is 0.800 bits per heavy atom. The van der Waals surface area contributed by atoms with Gasteiger partial charge in [0, 0.05) is 17.1 Å². The highest BCUT2D eigenvalue weighted by Crippen LogP contribution is 2.34. The SMILES string of the molecule is O=C(O)c1ccccc1Nc1cccc(C(F)(F)F)c1.O=C(O)c1ccccc1Nc1cccc(C(F)(F)F)c1.O=C(O)c1ccccc1Nc1cccc(C(F)(F)F)c1. The van der Waals surface area contributed by atoms with Crippen LogP contribution < -0.4 is 16.0 Å². The summed E-state index contributed by atoms with van der Waals surface area (Å²) in [6, 6.07) is 31.8. The van der Waals surface area contributed by atoms with E-state index in [1.165, 1.54) is 72.8 Å². The lowest BCUT2D eigenvalue weighted by atomic mass is 10.1. The zero-order valence-corrected chi connectivity index (χ0v) is 30.3. The van der Waals surface area contributed by atoms with E-state index >= 15 is 0 Å². The minimum absolute atomic E-state index is 0.00934. The van der Waals surface area contributed by atoms with E-state index in [1.807, 2.05) is 0 Å². The van der Waals surface area contributed by atoms with Gasteiger partial charge in [-0.2, -0.15) is 39.5 Å². The van der Waals surface area contributed by atoms with Gasteiger partial charge in [-0.05, 0) is 91.0 Å². The number of alkyl halides is 9. The van der Waals surface area contributed by atoms with Gasteiger partial charge in [0.05, 0.1) is 50.4 Å². The van der Waals surface area contributed by atoms with E-state index in [0.29, 0.717) is 0 Å². The van der Waals surface area contributed by atoms with Crippen molar-refractivity contribution in [3.8, 4) is 0 Å². The summed E-state index contributed by atoms with van der Waals surface area (Å²) < 4.78 is 113. The molecule has 0 aliphatic rings. The van der Waals surface area contributed by atoms with Gasteiger partial charge < -0.3 is 31.3 Å². The monoisotopic (exact) mass is 843 g/mol. The van der Waals surface area contributed by atoms with Crippen molar-refractivity contribution in [3.63, 3.8) is 0 Å². The molecule has 0 saturated carbocycles. The maximum atomic E-state index is 12.6. The van der Waals surface area contributed by atoms with Crippen LogP contribution in [0.5, 0.6) is 0 Å². The molecule has 6 aromatic carbocycles. The molecule has 18 heteroatoms. The number of hydrogen-bond donors (Lipinski definition) is 6. The Morgan fingerprint density at radius 1 is 0.350 bits per heavy atom. The van der Waals surface area contributed by atoms with Gasteiger partial charge >= 0.3 is 36.4 Å². The van der Waals surface area contributed by atoms with Crippen molar-refractivity contribution < 1.29 is 69.2 Å². The number of carbonyl (C=O) groups is 3. The Balaban J connectivity index is 0.000000198. The molecule has 0 saturated heterocycles. The van der Waals surface area contributed by atoms with Crippen molar-refractivity contribution in [2.45, 2.75) is 18.5 Å². The number of rotatable bonds is 9. The van der Waals surface area contributed by atoms with Crippen molar-refractivity contribution >= 4 is 52.0 Å². The second-order valence-electron chi connectivity index (χ2n) is 12.2. The van der Waals surface area contributed by atoms with Crippen LogP contribution in [0.15, 0.2) is 146 Å². The second kappa shape index (κ2) is 19.3. The molecule has 0 aliphatic carbocycles. The van der Waals surface area contributed by atoms with E-state index in [4.69, 9.17) is 15.3 Å². The van der Waals surface area contributed by atoms with Gasteiger partial charge in [-0.25, -0.2) is 14.4 Å². The quantitative estimate of drug-likeness (QED) is 0.0783. The minimum atomic E-state index is -4.44. The largest absolute Gasteiger partial charge is 0.478 e. The molecule has 0 amide bonds. The molecule has 6 rings (SSSR count). The second-order valence-corrected chi connectivity index (χ2v) is 12.2. The molecule has 60 heavy (non-hydrogen) atoms. The Kier molecular flexibility index (Phi) is 14.5. The average molecular weight is 844 g/mol. The third kappa shape index (κ3) is 13.0. The lowest BCUT2D eigenvalue weighted by molar-refractivity contribution is -0.138. The summed E-state index contributed by atoms with van der Waals surface area (Å²) in [6.07, 6.45) is -13.3. The number of anilines is 6. The summed E-state index contributed by atoms with van der Waals surface area (Å²) in [4.78, 5) is 33.1. The summed E-state index contributed by atoms with van der Waals surface area (Å²) in [5, 5.41) is 35.1. The maximum Gasteiger partial charge on any atom is 0.416 e. The van der Waals surface area contributed by atoms with Gasteiger partial charge in [-0.1, -0.05) is 54.6 Å². The van der Waals surface area contributed by atoms with Gasteiger partial charge in [-0.15, -0.1) is 0 Å². The zero-order valence-electron chi connectivity index (χ0n) is 30.3. The van der Waals surface area contributed by atoms with Crippen molar-refractivity contribution in [1.29, 1.82) is 0 Å². The Hall–Kier alpha value is -7.50. The standard InChI is InChI=1S/3C14H10F3NO2/c3*15-14(16,17)9-4-3-5-10(8-9)18-12-7-2-1-6-11(12)13(19)20/h3*1-8,18H,(H,19,20). The van der Waals surface area contributed by atoms with Crippen LogP contribution in [-0.4, -0.2) is 33.2 Å². The van der Waals surface area contributed by atoms with Crippen LogP contribution in [0.3, 0.4) is 0 Å². The molecule has 312 valence electrons. The lowest BCUT2D eigenvalue weighted by Gasteiger charge is -2.12. The van der Waals surface area contributed by atoms with Gasteiger partial charge in [0.1, 0.15) is 0 Å². The van der Waals surface area contributed by atoms with Crippen LogP contribution in [0.25, 0.3) is 0 Å². The Morgan fingerprint density at radius 2 is 0.583 bits per heavy atom. The predicted octanol–water partition coefficient (Wildman–Crippen LogP) is 12.4. The molecule has 0 aliphatic heterocycles. The van der Waals surface area contributed by atoms with Gasteiger partial charge in [0.15, 0.2) is 0 Å². The van der Waals surface area contributed by atoms with Crippen LogP contribution in [0.4, 0.5) is 73.6 Å². The number of carboxylic acids is 3. The summed E-state index contributed by atoms with van der Waals surface area (Å²) in [6.45, 7) is 0. The van der Waals surface area contributed by atoms with Gasteiger partial charge in [0.25, 0.3) is 0 Å². The lowest BCUT2D eigenvalue weighted by Crippen LogP contribution is -2.06. The molecule has 0 fully saturated rings. The van der Waals surface area contributed by atoms with Gasteiger partial charge in [-0.3, -0.25) is 0 Å². The van der Waals surface area contributed by atoms with E-state index in [0.717, 1.165) is 36.4 Å². The van der Waals surface area contributed by atoms with Crippen LogP contribution >= 0.6 is 0 Å². The number of halogens is 9. The molecular formula is C42H30F9N3O6. The Bertz CT molecular complexity index is 2180. The molecule has 0 aromatic heterocycles. The first-order valence-electron chi connectivity index (χ1n) is 16.9. The maximum absolute atomic E-state index is 12.6. The number of para-hydroxylation sites is 3. The molecular weight excluding hydrogens is 813 g/mol. The van der Waals surface area contributed by atoms with Crippen LogP contribution in [0, 0.1) is 0 Å². The number of aromatic carboxylic acids is 3. The molecule has 6 aromatic rings. The summed E-state index contributed by atoms with van der Waals surface area (Å²) in [5.41, 5.74) is -1.19. The molecule has 9 nitrogen and oxygen atoms in total. The average Bonchev–Trinajstić information content (AvgIpc) is 3.18. The van der Waals surface area contributed by atoms with Crippen LogP contribution in [0.2, 0.25) is 0 Å². The third-order valence-corrected chi connectivity index (χ3v) is 7.88. The normalized spacial score (nSPS) is 11.2. The number of carboxylic acid groups (broad SMARTS) is 3. The van der Waals surface area contributed by atoms with Crippen molar-refractivity contribution in [2.24, 2.45) is 0 Å². The summed E-state index contributed by atoms with van der Waals surface area (Å²) >= 11 is 0. The highest BCUT2D eigenvalue weighted by atomic mass is 19.4.